The van der Waals surface area contributed by atoms with Crippen LogP contribution < -0.4 is 4.72 Å². The molecule has 0 aliphatic rings. The SMILES string of the molecule is Cc1cc(S(=O)(=O)NC(C#N)c2ccccc2)sc1Br. The van der Waals surface area contributed by atoms with E-state index in [0.29, 0.717) is 5.56 Å². The number of nitrogens with one attached hydrogen (secondary N) is 1. The van der Waals surface area contributed by atoms with Crippen molar-refractivity contribution >= 4 is 37.3 Å². The summed E-state index contributed by atoms with van der Waals surface area (Å²) in [5, 5.41) is 9.17. The minimum absolute atomic E-state index is 0.193. The highest BCUT2D eigenvalue weighted by atomic mass is 79.9. The molecule has 0 spiro atoms. The second-order valence-electron chi connectivity index (χ2n) is 4.12. The van der Waals surface area contributed by atoms with E-state index < -0.39 is 16.1 Å². The summed E-state index contributed by atoms with van der Waals surface area (Å²) in [5.41, 5.74) is 1.47. The van der Waals surface area contributed by atoms with Gasteiger partial charge in [-0.1, -0.05) is 30.3 Å². The van der Waals surface area contributed by atoms with Crippen LogP contribution in [0.5, 0.6) is 0 Å². The maximum atomic E-state index is 12.3. The molecule has 0 saturated heterocycles. The summed E-state index contributed by atoms with van der Waals surface area (Å²) in [5.74, 6) is 0. The summed E-state index contributed by atoms with van der Waals surface area (Å²) in [6.07, 6.45) is 0. The summed E-state index contributed by atoms with van der Waals surface area (Å²) in [7, 11) is -3.71. The summed E-state index contributed by atoms with van der Waals surface area (Å²) in [4.78, 5) is 0. The topological polar surface area (TPSA) is 70.0 Å². The lowest BCUT2D eigenvalue weighted by molar-refractivity contribution is 0.577. The molecule has 0 aliphatic heterocycles. The van der Waals surface area contributed by atoms with Crippen LogP contribution in [-0.4, -0.2) is 8.42 Å². The van der Waals surface area contributed by atoms with Crippen LogP contribution in [0.2, 0.25) is 0 Å². The molecule has 20 heavy (non-hydrogen) atoms. The zero-order valence-electron chi connectivity index (χ0n) is 10.5. The molecule has 1 unspecified atom stereocenters. The van der Waals surface area contributed by atoms with Crippen molar-refractivity contribution in [2.24, 2.45) is 0 Å². The Bertz CT molecular complexity index is 729. The van der Waals surface area contributed by atoms with Crippen molar-refractivity contribution in [3.05, 3.63) is 51.3 Å². The smallest absolute Gasteiger partial charge is 0.206 e. The average Bonchev–Trinajstić information content (AvgIpc) is 2.78. The number of hydrogen-bond donors (Lipinski definition) is 1. The molecule has 1 atom stereocenters. The largest absolute Gasteiger partial charge is 0.251 e. The summed E-state index contributed by atoms with van der Waals surface area (Å²) in [6, 6.07) is 11.4. The molecule has 7 heteroatoms. The first-order valence-electron chi connectivity index (χ1n) is 5.67. The fourth-order valence-electron chi connectivity index (χ4n) is 1.59. The van der Waals surface area contributed by atoms with Gasteiger partial charge in [0, 0.05) is 0 Å². The zero-order valence-corrected chi connectivity index (χ0v) is 13.7. The summed E-state index contributed by atoms with van der Waals surface area (Å²) in [6.45, 7) is 1.82. The highest BCUT2D eigenvalue weighted by molar-refractivity contribution is 9.11. The molecule has 2 aromatic rings. The van der Waals surface area contributed by atoms with Gasteiger partial charge in [0.2, 0.25) is 0 Å². The normalized spacial score (nSPS) is 12.8. The summed E-state index contributed by atoms with van der Waals surface area (Å²) < 4.78 is 27.9. The molecule has 2 rings (SSSR count). The lowest BCUT2D eigenvalue weighted by Gasteiger charge is -2.11. The third-order valence-corrected chi connectivity index (χ3v) is 6.67. The third kappa shape index (κ3) is 3.27. The monoisotopic (exact) mass is 370 g/mol. The van der Waals surface area contributed by atoms with Gasteiger partial charge in [-0.3, -0.25) is 0 Å². The molecular weight excluding hydrogens is 360 g/mol. The molecule has 0 bridgehead atoms. The number of hydrogen-bond acceptors (Lipinski definition) is 4. The number of sulfonamides is 1. The van der Waals surface area contributed by atoms with E-state index >= 15 is 0 Å². The number of halogens is 1. The standard InChI is InChI=1S/C13H11BrN2O2S2/c1-9-7-12(19-13(9)14)20(17,18)16-11(8-15)10-5-3-2-4-6-10/h2-7,11,16H,1H3. The van der Waals surface area contributed by atoms with Gasteiger partial charge in [-0.25, -0.2) is 8.42 Å². The average molecular weight is 371 g/mol. The molecule has 0 fully saturated rings. The lowest BCUT2D eigenvalue weighted by atomic mass is 10.1. The number of nitriles is 1. The molecule has 1 aromatic heterocycles. The Morgan fingerprint density at radius 3 is 2.50 bits per heavy atom. The predicted octanol–water partition coefficient (Wildman–Crippen LogP) is 3.36. The molecule has 0 aliphatic carbocycles. The van der Waals surface area contributed by atoms with E-state index in [2.05, 4.69) is 20.7 Å². The molecule has 1 N–H and O–H groups in total. The molecule has 0 radical (unpaired) electrons. The molecule has 0 amide bonds. The van der Waals surface area contributed by atoms with Crippen molar-refractivity contribution in [1.82, 2.24) is 4.72 Å². The Balaban J connectivity index is 2.30. The van der Waals surface area contributed by atoms with Crippen LogP contribution in [0, 0.1) is 18.3 Å². The Hall–Kier alpha value is -1.20. The van der Waals surface area contributed by atoms with Gasteiger partial charge in [0.05, 0.1) is 9.86 Å². The van der Waals surface area contributed by atoms with E-state index in [1.807, 2.05) is 19.1 Å². The first-order chi connectivity index (χ1) is 9.44. The van der Waals surface area contributed by atoms with Gasteiger partial charge in [-0.15, -0.1) is 11.3 Å². The van der Waals surface area contributed by atoms with E-state index in [1.165, 1.54) is 0 Å². The summed E-state index contributed by atoms with van der Waals surface area (Å²) >= 11 is 4.42. The van der Waals surface area contributed by atoms with Crippen LogP contribution in [0.3, 0.4) is 0 Å². The van der Waals surface area contributed by atoms with Gasteiger partial charge in [0.1, 0.15) is 10.3 Å². The van der Waals surface area contributed by atoms with Crippen molar-refractivity contribution in [2.75, 3.05) is 0 Å². The maximum Gasteiger partial charge on any atom is 0.251 e. The maximum absolute atomic E-state index is 12.3. The Morgan fingerprint density at radius 1 is 1.35 bits per heavy atom. The predicted molar refractivity (Wildman–Crippen MR) is 81.9 cm³/mol. The number of thiophene rings is 1. The van der Waals surface area contributed by atoms with Crippen molar-refractivity contribution in [3.63, 3.8) is 0 Å². The molecule has 1 aromatic carbocycles. The third-order valence-electron chi connectivity index (χ3n) is 2.63. The minimum Gasteiger partial charge on any atom is -0.206 e. The van der Waals surface area contributed by atoms with Crippen molar-refractivity contribution < 1.29 is 8.42 Å². The van der Waals surface area contributed by atoms with Crippen LogP contribution in [0.15, 0.2) is 44.4 Å². The lowest BCUT2D eigenvalue weighted by Crippen LogP contribution is -2.27. The quantitative estimate of drug-likeness (QED) is 0.896. The Morgan fingerprint density at radius 2 is 2.00 bits per heavy atom. The first kappa shape index (κ1) is 15.2. The number of nitrogens with zero attached hydrogens (tertiary/aromatic N) is 1. The zero-order chi connectivity index (χ0) is 14.8. The van der Waals surface area contributed by atoms with Gasteiger partial charge in [0.25, 0.3) is 10.0 Å². The van der Waals surface area contributed by atoms with Crippen LogP contribution in [0.25, 0.3) is 0 Å². The van der Waals surface area contributed by atoms with Crippen molar-refractivity contribution in [1.29, 1.82) is 5.26 Å². The number of benzene rings is 1. The van der Waals surface area contributed by atoms with Crippen LogP contribution in [-0.2, 0) is 10.0 Å². The van der Waals surface area contributed by atoms with Gasteiger partial charge >= 0.3 is 0 Å². The first-order valence-corrected chi connectivity index (χ1v) is 8.76. The van der Waals surface area contributed by atoms with Gasteiger partial charge in [-0.05, 0) is 40.0 Å². The van der Waals surface area contributed by atoms with E-state index in [9.17, 15) is 8.42 Å². The molecule has 1 heterocycles. The van der Waals surface area contributed by atoms with Crippen LogP contribution in [0.4, 0.5) is 0 Å². The van der Waals surface area contributed by atoms with Crippen molar-refractivity contribution in [3.8, 4) is 6.07 Å². The van der Waals surface area contributed by atoms with E-state index in [4.69, 9.17) is 5.26 Å². The highest BCUT2D eigenvalue weighted by Crippen LogP contribution is 2.31. The van der Waals surface area contributed by atoms with Gasteiger partial charge < -0.3 is 0 Å². The minimum atomic E-state index is -3.71. The molecule has 104 valence electrons. The second-order valence-corrected chi connectivity index (χ2v) is 8.43. The van der Waals surface area contributed by atoms with Crippen LogP contribution >= 0.6 is 27.3 Å². The van der Waals surface area contributed by atoms with Gasteiger partial charge in [-0.2, -0.15) is 9.98 Å². The van der Waals surface area contributed by atoms with Crippen LogP contribution in [0.1, 0.15) is 17.2 Å². The fraction of sp³-hybridized carbons (Fsp3) is 0.154. The van der Waals surface area contributed by atoms with Crippen molar-refractivity contribution in [2.45, 2.75) is 17.2 Å². The second kappa shape index (κ2) is 6.06. The Labute approximate surface area is 130 Å². The molecular formula is C13H11BrN2O2S2. The highest BCUT2D eigenvalue weighted by Gasteiger charge is 2.23. The van der Waals surface area contributed by atoms with Gasteiger partial charge in [0.15, 0.2) is 0 Å². The number of rotatable bonds is 4. The molecule has 4 nitrogen and oxygen atoms in total. The fourth-order valence-corrected chi connectivity index (χ4v) is 4.96. The number of aryl methyl sites for hydroxylation is 1. The van der Waals surface area contributed by atoms with E-state index in [0.717, 1.165) is 20.7 Å². The molecule has 0 saturated carbocycles. The van der Waals surface area contributed by atoms with E-state index in [-0.39, 0.29) is 4.21 Å². The Kier molecular flexibility index (Phi) is 4.60. The van der Waals surface area contributed by atoms with E-state index in [1.54, 1.807) is 30.3 Å².